The summed E-state index contributed by atoms with van der Waals surface area (Å²) in [6.07, 6.45) is 1.97. The minimum absolute atomic E-state index is 0. The van der Waals surface area contributed by atoms with Crippen LogP contribution in [0.1, 0.15) is 51.7 Å². The molecule has 1 aromatic carbocycles. The number of quaternary nitrogens is 1. The van der Waals surface area contributed by atoms with Crippen LogP contribution in [0.2, 0.25) is 0 Å². The second-order valence-corrected chi connectivity index (χ2v) is 6.23. The number of benzene rings is 1. The van der Waals surface area contributed by atoms with E-state index in [-0.39, 0.29) is 44.7 Å². The number of carbonyl (C=O) groups excluding carboxylic acids is 1. The van der Waals surface area contributed by atoms with Gasteiger partial charge in [-0.05, 0) is 52.2 Å². The molecule has 1 aromatic rings. The molecule has 1 radical (unpaired) electrons. The molecular formula is C19H33N2OY+. The Morgan fingerprint density at radius 2 is 1.52 bits per heavy atom. The third-order valence-corrected chi connectivity index (χ3v) is 5.14. The zero-order valence-corrected chi connectivity index (χ0v) is 18.6. The molecule has 3 nitrogen and oxygen atoms in total. The number of nitrogens with one attached hydrogen (secondary N) is 1. The fourth-order valence-electron chi connectivity index (χ4n) is 3.48. The van der Waals surface area contributed by atoms with Gasteiger partial charge in [-0.3, -0.25) is 4.79 Å². The Bertz CT molecular complexity index is 470. The molecule has 0 aliphatic carbocycles. The zero-order valence-electron chi connectivity index (χ0n) is 15.8. The van der Waals surface area contributed by atoms with Gasteiger partial charge in [0.15, 0.2) is 6.04 Å². The first-order valence-electron chi connectivity index (χ1n) is 8.68. The van der Waals surface area contributed by atoms with Gasteiger partial charge in [-0.25, -0.2) is 0 Å². The summed E-state index contributed by atoms with van der Waals surface area (Å²) < 4.78 is 0.866. The van der Waals surface area contributed by atoms with E-state index in [0.29, 0.717) is 0 Å². The summed E-state index contributed by atoms with van der Waals surface area (Å²) >= 11 is 0. The van der Waals surface area contributed by atoms with E-state index >= 15 is 0 Å². The number of hydrogen-bond acceptors (Lipinski definition) is 1. The molecule has 0 heterocycles. The van der Waals surface area contributed by atoms with E-state index in [1.54, 1.807) is 0 Å². The van der Waals surface area contributed by atoms with Gasteiger partial charge in [-0.15, -0.1) is 0 Å². The van der Waals surface area contributed by atoms with Gasteiger partial charge in [0.25, 0.3) is 5.91 Å². The van der Waals surface area contributed by atoms with E-state index in [1.165, 1.54) is 0 Å². The molecule has 23 heavy (non-hydrogen) atoms. The second kappa shape index (κ2) is 10.6. The number of amides is 1. The van der Waals surface area contributed by atoms with Gasteiger partial charge in [-0.1, -0.05) is 25.1 Å². The Morgan fingerprint density at radius 1 is 1.04 bits per heavy atom. The standard InChI is InChI=1S/C19H32N2O.Y/c1-7-12-17(21(8-2,9-3)10-4)19(22)20-18-15(5)13-11-14-16(18)6;/h11,13-14,17H,7-10,12H2,1-6H3;/p+1. The van der Waals surface area contributed by atoms with Crippen LogP contribution in [0.3, 0.4) is 0 Å². The van der Waals surface area contributed by atoms with Gasteiger partial charge < -0.3 is 9.80 Å². The van der Waals surface area contributed by atoms with Crippen LogP contribution in [0.4, 0.5) is 5.69 Å². The fourth-order valence-corrected chi connectivity index (χ4v) is 3.48. The van der Waals surface area contributed by atoms with Crippen molar-refractivity contribution < 1.29 is 42.0 Å². The van der Waals surface area contributed by atoms with Crippen LogP contribution in [-0.4, -0.2) is 36.1 Å². The second-order valence-electron chi connectivity index (χ2n) is 6.23. The summed E-state index contributed by atoms with van der Waals surface area (Å²) in [5.41, 5.74) is 3.24. The summed E-state index contributed by atoms with van der Waals surface area (Å²) in [6.45, 7) is 15.9. The molecule has 0 saturated heterocycles. The summed E-state index contributed by atoms with van der Waals surface area (Å²) in [5, 5.41) is 3.22. The van der Waals surface area contributed by atoms with Crippen molar-refractivity contribution in [2.45, 2.75) is 60.4 Å². The van der Waals surface area contributed by atoms with Gasteiger partial charge >= 0.3 is 0 Å². The van der Waals surface area contributed by atoms with Crippen molar-refractivity contribution in [3.05, 3.63) is 29.3 Å². The van der Waals surface area contributed by atoms with Gasteiger partial charge in [0.2, 0.25) is 0 Å². The average Bonchev–Trinajstić information content (AvgIpc) is 2.52. The van der Waals surface area contributed by atoms with Gasteiger partial charge in [-0.2, -0.15) is 0 Å². The molecule has 1 N–H and O–H groups in total. The maximum atomic E-state index is 13.0. The number of aryl methyl sites for hydroxylation is 2. The SMILES string of the molecule is CCCC(C(=O)Nc1c(C)cccc1C)[N+](CC)(CC)CC.[Y]. The minimum Gasteiger partial charge on any atom is -0.320 e. The minimum atomic E-state index is 0. The van der Waals surface area contributed by atoms with Crippen molar-refractivity contribution in [1.29, 1.82) is 0 Å². The number of para-hydroxylation sites is 1. The van der Waals surface area contributed by atoms with Crippen LogP contribution < -0.4 is 5.32 Å². The number of rotatable bonds is 8. The molecule has 4 heteroatoms. The quantitative estimate of drug-likeness (QED) is 0.655. The summed E-state index contributed by atoms with van der Waals surface area (Å²) in [4.78, 5) is 13.0. The molecule has 0 fully saturated rings. The summed E-state index contributed by atoms with van der Waals surface area (Å²) in [6, 6.07) is 6.18. The van der Waals surface area contributed by atoms with Crippen LogP contribution in [0.25, 0.3) is 0 Å². The molecule has 0 spiro atoms. The van der Waals surface area contributed by atoms with Crippen molar-refractivity contribution >= 4 is 11.6 Å². The number of carbonyl (C=O) groups is 1. The first-order chi connectivity index (χ1) is 10.5. The van der Waals surface area contributed by atoms with Crippen molar-refractivity contribution in [1.82, 2.24) is 0 Å². The van der Waals surface area contributed by atoms with E-state index < -0.39 is 0 Å². The first-order valence-corrected chi connectivity index (χ1v) is 8.68. The maximum absolute atomic E-state index is 13.0. The number of likely N-dealkylation sites (N-methyl/N-ethyl adjacent to an activating group) is 1. The van der Waals surface area contributed by atoms with Crippen LogP contribution in [0.5, 0.6) is 0 Å². The van der Waals surface area contributed by atoms with Gasteiger partial charge in [0, 0.05) is 44.8 Å². The van der Waals surface area contributed by atoms with E-state index in [0.717, 1.165) is 53.8 Å². The van der Waals surface area contributed by atoms with Crippen molar-refractivity contribution in [3.63, 3.8) is 0 Å². The number of anilines is 1. The van der Waals surface area contributed by atoms with Gasteiger partial charge in [0.1, 0.15) is 0 Å². The van der Waals surface area contributed by atoms with Crippen LogP contribution in [-0.2, 0) is 37.5 Å². The van der Waals surface area contributed by atoms with E-state index in [4.69, 9.17) is 0 Å². The Labute approximate surface area is 167 Å². The third-order valence-electron chi connectivity index (χ3n) is 5.14. The summed E-state index contributed by atoms with van der Waals surface area (Å²) in [7, 11) is 0. The molecule has 0 aromatic heterocycles. The van der Waals surface area contributed by atoms with Crippen molar-refractivity contribution in [2.24, 2.45) is 0 Å². The molecular weight excluding hydrogens is 361 g/mol. The molecule has 1 unspecified atom stereocenters. The maximum Gasteiger partial charge on any atom is 0.282 e. The van der Waals surface area contributed by atoms with Crippen molar-refractivity contribution in [3.8, 4) is 0 Å². The van der Waals surface area contributed by atoms with Crippen LogP contribution in [0, 0.1) is 13.8 Å². The fraction of sp³-hybridized carbons (Fsp3) is 0.632. The van der Waals surface area contributed by atoms with Crippen molar-refractivity contribution in [2.75, 3.05) is 25.0 Å². The Morgan fingerprint density at radius 3 is 1.91 bits per heavy atom. The monoisotopic (exact) mass is 394 g/mol. The first kappa shape index (κ1) is 22.8. The third kappa shape index (κ3) is 5.37. The smallest absolute Gasteiger partial charge is 0.282 e. The van der Waals surface area contributed by atoms with Crippen LogP contribution >= 0.6 is 0 Å². The topological polar surface area (TPSA) is 29.1 Å². The summed E-state index contributed by atoms with van der Waals surface area (Å²) in [5.74, 6) is 0.171. The van der Waals surface area contributed by atoms with Gasteiger partial charge in [0.05, 0.1) is 19.6 Å². The number of nitrogens with zero attached hydrogens (tertiary/aromatic N) is 1. The van der Waals surface area contributed by atoms with E-state index in [9.17, 15) is 4.79 Å². The largest absolute Gasteiger partial charge is 0.320 e. The van der Waals surface area contributed by atoms with E-state index in [2.05, 4.69) is 59.0 Å². The van der Waals surface area contributed by atoms with E-state index in [1.807, 2.05) is 6.07 Å². The molecule has 0 bridgehead atoms. The normalized spacial score (nSPS) is 12.4. The Hall–Kier alpha value is -0.246. The Kier molecular flexibility index (Phi) is 10.5. The average molecular weight is 394 g/mol. The molecule has 1 atom stereocenters. The number of hydrogen-bond donors (Lipinski definition) is 1. The molecule has 0 aliphatic rings. The predicted octanol–water partition coefficient (Wildman–Crippen LogP) is 4.28. The predicted molar refractivity (Wildman–Crippen MR) is 95.1 cm³/mol. The molecule has 1 amide bonds. The van der Waals surface area contributed by atoms with Crippen LogP contribution in [0.15, 0.2) is 18.2 Å². The molecule has 0 aliphatic heterocycles. The molecule has 127 valence electrons. The zero-order chi connectivity index (χ0) is 16.8. The molecule has 0 saturated carbocycles. The Balaban J connectivity index is 0.00000484. The molecule has 1 rings (SSSR count).